The van der Waals surface area contributed by atoms with Gasteiger partial charge in [0.1, 0.15) is 0 Å². The molecule has 0 aliphatic heterocycles. The molecule has 0 amide bonds. The Labute approximate surface area is 151 Å². The van der Waals surface area contributed by atoms with E-state index in [-0.39, 0.29) is 4.90 Å². The molecule has 0 atom stereocenters. The molecule has 3 aromatic rings. The van der Waals surface area contributed by atoms with E-state index in [9.17, 15) is 13.2 Å². The summed E-state index contributed by atoms with van der Waals surface area (Å²) in [4.78, 5) is 9.46. The molecule has 132 valence electrons. The summed E-state index contributed by atoms with van der Waals surface area (Å²) in [5.41, 5.74) is 1.64. The van der Waals surface area contributed by atoms with Crippen LogP contribution >= 0.6 is 11.6 Å². The van der Waals surface area contributed by atoms with E-state index in [0.717, 1.165) is 10.9 Å². The fourth-order valence-electron chi connectivity index (χ4n) is 2.19. The van der Waals surface area contributed by atoms with Crippen LogP contribution in [0.15, 0.2) is 59.6 Å². The fourth-order valence-corrected chi connectivity index (χ4v) is 3.72. The summed E-state index contributed by atoms with van der Waals surface area (Å²) in [6.45, 7) is 4.58. The van der Waals surface area contributed by atoms with Crippen molar-refractivity contribution in [1.29, 1.82) is 0 Å². The highest BCUT2D eigenvalue weighted by molar-refractivity contribution is 7.90. The first kappa shape index (κ1) is 19.0. The molecule has 1 aromatic heterocycles. The molecule has 0 radical (unpaired) electrons. The van der Waals surface area contributed by atoms with Gasteiger partial charge in [0.05, 0.1) is 17.0 Å². The van der Waals surface area contributed by atoms with Gasteiger partial charge in [-0.2, -0.15) is 0 Å². The second-order valence-corrected chi connectivity index (χ2v) is 7.44. The van der Waals surface area contributed by atoms with E-state index in [1.807, 2.05) is 6.92 Å². The molecule has 0 aliphatic carbocycles. The van der Waals surface area contributed by atoms with E-state index >= 15 is 0 Å². The number of hydrogen-bond donors (Lipinski definition) is 0. The molecular formula is C18H18ClNO4S. The highest BCUT2D eigenvalue weighted by Gasteiger charge is 2.18. The molecule has 1 heterocycles. The minimum absolute atomic E-state index is 0.274. The maximum atomic E-state index is 12.6. The summed E-state index contributed by atoms with van der Waals surface area (Å²) in [5, 5.41) is 1.39. The molecule has 3 rings (SSSR count). The number of aryl methyl sites for hydroxylation is 1. The van der Waals surface area contributed by atoms with E-state index in [1.165, 1.54) is 3.97 Å². The van der Waals surface area contributed by atoms with Gasteiger partial charge in [0.25, 0.3) is 16.5 Å². The Kier molecular flexibility index (Phi) is 6.22. The van der Waals surface area contributed by atoms with Crippen LogP contribution in [0.2, 0.25) is 5.02 Å². The first-order chi connectivity index (χ1) is 11.9. The van der Waals surface area contributed by atoms with Crippen LogP contribution in [0.25, 0.3) is 10.9 Å². The van der Waals surface area contributed by atoms with Gasteiger partial charge in [-0.15, -0.1) is 0 Å². The standard InChI is InChI=1S/C15H12ClNO2S.C3H6O2/c1-11-2-5-14(6-3-11)20(18,19)17-9-8-12-10-13(16)4-7-15(12)17;1-2-5-3-4/h2-10H,1H3;3H,2H2,1H3. The largest absolute Gasteiger partial charge is 0.468 e. The average molecular weight is 380 g/mol. The van der Waals surface area contributed by atoms with Gasteiger partial charge in [-0.3, -0.25) is 4.79 Å². The summed E-state index contributed by atoms with van der Waals surface area (Å²) in [7, 11) is -3.58. The highest BCUT2D eigenvalue weighted by atomic mass is 35.5. The summed E-state index contributed by atoms with van der Waals surface area (Å²) in [5.74, 6) is 0. The second-order valence-electron chi connectivity index (χ2n) is 5.18. The SMILES string of the molecule is CCOC=O.Cc1ccc(S(=O)(=O)n2ccc3cc(Cl)ccc32)cc1. The number of fused-ring (bicyclic) bond motifs is 1. The molecule has 0 saturated carbocycles. The Hall–Kier alpha value is -2.31. The fraction of sp³-hybridized carbons (Fsp3) is 0.167. The van der Waals surface area contributed by atoms with Crippen LogP contribution in [-0.4, -0.2) is 25.5 Å². The lowest BCUT2D eigenvalue weighted by Gasteiger charge is -2.08. The molecule has 0 aliphatic rings. The predicted octanol–water partition coefficient (Wildman–Crippen LogP) is 4.02. The lowest BCUT2D eigenvalue weighted by atomic mass is 10.2. The van der Waals surface area contributed by atoms with Gasteiger partial charge in [0, 0.05) is 16.6 Å². The van der Waals surface area contributed by atoms with Gasteiger partial charge in [-0.1, -0.05) is 29.3 Å². The van der Waals surface area contributed by atoms with Crippen molar-refractivity contribution in [1.82, 2.24) is 3.97 Å². The van der Waals surface area contributed by atoms with Crippen LogP contribution in [0.4, 0.5) is 0 Å². The molecule has 0 fully saturated rings. The molecule has 2 aromatic carbocycles. The first-order valence-corrected chi connectivity index (χ1v) is 9.36. The maximum absolute atomic E-state index is 12.6. The Morgan fingerprint density at radius 3 is 2.36 bits per heavy atom. The smallest absolute Gasteiger partial charge is 0.293 e. The molecule has 5 nitrogen and oxygen atoms in total. The first-order valence-electron chi connectivity index (χ1n) is 7.54. The van der Waals surface area contributed by atoms with Gasteiger partial charge in [0.2, 0.25) is 0 Å². The minimum atomic E-state index is -3.58. The topological polar surface area (TPSA) is 65.4 Å². The zero-order valence-corrected chi connectivity index (χ0v) is 15.4. The molecular weight excluding hydrogens is 362 g/mol. The number of halogens is 1. The quantitative estimate of drug-likeness (QED) is 0.642. The van der Waals surface area contributed by atoms with E-state index in [1.54, 1.807) is 61.7 Å². The van der Waals surface area contributed by atoms with Gasteiger partial charge in [-0.25, -0.2) is 12.4 Å². The van der Waals surface area contributed by atoms with Crippen molar-refractivity contribution in [2.45, 2.75) is 18.7 Å². The zero-order valence-electron chi connectivity index (χ0n) is 13.8. The number of hydrogen-bond acceptors (Lipinski definition) is 4. The van der Waals surface area contributed by atoms with Gasteiger partial charge in [0.15, 0.2) is 0 Å². The van der Waals surface area contributed by atoms with Crippen molar-refractivity contribution >= 4 is 39.0 Å². The van der Waals surface area contributed by atoms with E-state index < -0.39 is 10.0 Å². The molecule has 0 N–H and O–H groups in total. The molecule has 7 heteroatoms. The molecule has 0 spiro atoms. The number of aromatic nitrogens is 1. The normalized spacial score (nSPS) is 10.8. The van der Waals surface area contributed by atoms with E-state index in [2.05, 4.69) is 4.74 Å². The zero-order chi connectivity index (χ0) is 18.4. The third kappa shape index (κ3) is 4.41. The summed E-state index contributed by atoms with van der Waals surface area (Å²) >= 11 is 5.92. The summed E-state index contributed by atoms with van der Waals surface area (Å²) < 4.78 is 30.7. The van der Waals surface area contributed by atoms with Crippen molar-refractivity contribution in [2.75, 3.05) is 6.61 Å². The van der Waals surface area contributed by atoms with Crippen molar-refractivity contribution in [3.8, 4) is 0 Å². The lowest BCUT2D eigenvalue weighted by molar-refractivity contribution is -0.128. The van der Waals surface area contributed by atoms with Crippen LogP contribution in [0.1, 0.15) is 12.5 Å². The average Bonchev–Trinajstić information content (AvgIpc) is 3.00. The van der Waals surface area contributed by atoms with Crippen molar-refractivity contribution in [3.05, 3.63) is 65.3 Å². The molecule has 0 saturated heterocycles. The number of benzene rings is 2. The van der Waals surface area contributed by atoms with E-state index in [0.29, 0.717) is 23.6 Å². The Balaban J connectivity index is 0.000000399. The highest BCUT2D eigenvalue weighted by Crippen LogP contribution is 2.24. The third-order valence-electron chi connectivity index (χ3n) is 3.43. The Morgan fingerprint density at radius 2 is 1.80 bits per heavy atom. The number of carbonyl (C=O) groups is 1. The van der Waals surface area contributed by atoms with Crippen LogP contribution < -0.4 is 0 Å². The summed E-state index contributed by atoms with van der Waals surface area (Å²) in [6.07, 6.45) is 1.55. The molecule has 25 heavy (non-hydrogen) atoms. The predicted molar refractivity (Wildman–Crippen MR) is 98.4 cm³/mol. The molecule has 0 bridgehead atoms. The van der Waals surface area contributed by atoms with Crippen LogP contribution in [-0.2, 0) is 19.6 Å². The monoisotopic (exact) mass is 379 g/mol. The Bertz CT molecular complexity index is 962. The summed E-state index contributed by atoms with van der Waals surface area (Å²) in [6, 6.07) is 13.7. The molecule has 0 unspecified atom stereocenters. The van der Waals surface area contributed by atoms with Gasteiger partial charge >= 0.3 is 0 Å². The third-order valence-corrected chi connectivity index (χ3v) is 5.37. The van der Waals surface area contributed by atoms with Crippen molar-refractivity contribution < 1.29 is 17.9 Å². The number of rotatable bonds is 4. The van der Waals surface area contributed by atoms with E-state index in [4.69, 9.17) is 11.6 Å². The van der Waals surface area contributed by atoms with Crippen LogP contribution in [0, 0.1) is 6.92 Å². The minimum Gasteiger partial charge on any atom is -0.468 e. The number of nitrogens with zero attached hydrogens (tertiary/aromatic N) is 1. The van der Waals surface area contributed by atoms with Gasteiger partial charge < -0.3 is 4.74 Å². The van der Waals surface area contributed by atoms with Crippen molar-refractivity contribution in [2.24, 2.45) is 0 Å². The second kappa shape index (κ2) is 8.18. The maximum Gasteiger partial charge on any atom is 0.293 e. The van der Waals surface area contributed by atoms with Crippen molar-refractivity contribution in [3.63, 3.8) is 0 Å². The van der Waals surface area contributed by atoms with Crippen LogP contribution in [0.3, 0.4) is 0 Å². The number of ether oxygens (including phenoxy) is 1. The lowest BCUT2D eigenvalue weighted by Crippen LogP contribution is -2.11. The Morgan fingerprint density at radius 1 is 1.12 bits per heavy atom. The number of carbonyl (C=O) groups excluding carboxylic acids is 1. The van der Waals surface area contributed by atoms with Crippen LogP contribution in [0.5, 0.6) is 0 Å². The van der Waals surface area contributed by atoms with Gasteiger partial charge in [-0.05, 0) is 50.2 Å².